The number of rotatable bonds is 0. The summed E-state index contributed by atoms with van der Waals surface area (Å²) in [4.78, 5) is 62.8. The standard InChI is InChI=1S/C21H20O7/c22-15-11-7-3-9(13(11)17(24)27-15)20(5-7)1-2-21(19(20)26)6-8-4-10(21)14-12(8)16(23)28-18(14)25/h7-14H,1-6H2/t7-,8?,9-,10+,11-,12+,13+,14-,20+,21-/m0/s1. The molecule has 7 rings (SSSR count). The molecule has 1 unspecified atom stereocenters. The monoisotopic (exact) mass is 384 g/mol. The van der Waals surface area contributed by atoms with Crippen molar-refractivity contribution in [3.8, 4) is 0 Å². The topological polar surface area (TPSA) is 104 Å². The molecule has 28 heavy (non-hydrogen) atoms. The molecule has 0 radical (unpaired) electrons. The van der Waals surface area contributed by atoms with Crippen LogP contribution >= 0.6 is 0 Å². The number of carbonyl (C=O) groups excluding carboxylic acids is 5. The zero-order valence-corrected chi connectivity index (χ0v) is 15.2. The van der Waals surface area contributed by atoms with Crippen molar-refractivity contribution >= 4 is 29.7 Å². The summed E-state index contributed by atoms with van der Waals surface area (Å²) in [5, 5.41) is 0. The first-order valence-electron chi connectivity index (χ1n) is 10.4. The molecule has 0 aromatic heterocycles. The van der Waals surface area contributed by atoms with E-state index in [2.05, 4.69) is 0 Å². The van der Waals surface area contributed by atoms with Gasteiger partial charge in [0.05, 0.1) is 23.7 Å². The van der Waals surface area contributed by atoms with Crippen molar-refractivity contribution in [2.24, 2.45) is 58.2 Å². The fourth-order valence-electron chi connectivity index (χ4n) is 9.16. The molecule has 2 spiro atoms. The number of esters is 4. The molecule has 0 aromatic carbocycles. The van der Waals surface area contributed by atoms with Gasteiger partial charge in [-0.1, -0.05) is 0 Å². The summed E-state index contributed by atoms with van der Waals surface area (Å²) in [7, 11) is 0. The van der Waals surface area contributed by atoms with Gasteiger partial charge in [0.25, 0.3) is 0 Å². The third-order valence-electron chi connectivity index (χ3n) is 9.85. The lowest BCUT2D eigenvalue weighted by atomic mass is 9.58. The van der Waals surface area contributed by atoms with Gasteiger partial charge in [-0.2, -0.15) is 0 Å². The minimum atomic E-state index is -0.554. The number of fused-ring (bicyclic) bond motifs is 12. The lowest BCUT2D eigenvalue weighted by molar-refractivity contribution is -0.156. The fourth-order valence-corrected chi connectivity index (χ4v) is 9.16. The molecule has 7 heteroatoms. The van der Waals surface area contributed by atoms with Crippen molar-refractivity contribution in [3.05, 3.63) is 0 Å². The molecule has 2 saturated heterocycles. The van der Waals surface area contributed by atoms with Gasteiger partial charge in [-0.15, -0.1) is 0 Å². The number of hydrogen-bond acceptors (Lipinski definition) is 7. The quantitative estimate of drug-likeness (QED) is 0.454. The van der Waals surface area contributed by atoms with Crippen LogP contribution in [0.5, 0.6) is 0 Å². The lowest BCUT2D eigenvalue weighted by Gasteiger charge is -2.41. The van der Waals surface area contributed by atoms with Crippen LogP contribution in [0.25, 0.3) is 0 Å². The minimum Gasteiger partial charge on any atom is -0.393 e. The molecule has 0 N–H and O–H groups in total. The smallest absolute Gasteiger partial charge is 0.317 e. The van der Waals surface area contributed by atoms with E-state index in [0.717, 1.165) is 25.7 Å². The summed E-state index contributed by atoms with van der Waals surface area (Å²) < 4.78 is 9.82. The van der Waals surface area contributed by atoms with Gasteiger partial charge in [-0.25, -0.2) is 0 Å². The number of cyclic esters (lactones) is 4. The molecule has 4 bridgehead atoms. The molecule has 0 amide bonds. The number of hydrogen-bond donors (Lipinski definition) is 0. The van der Waals surface area contributed by atoms with Crippen LogP contribution < -0.4 is 0 Å². The first-order valence-corrected chi connectivity index (χ1v) is 10.4. The Bertz CT molecular complexity index is 850. The van der Waals surface area contributed by atoms with Gasteiger partial charge < -0.3 is 9.47 Å². The molecule has 7 aliphatic rings. The van der Waals surface area contributed by atoms with Crippen molar-refractivity contribution in [1.29, 1.82) is 0 Å². The first kappa shape index (κ1) is 15.8. The molecule has 2 heterocycles. The third-order valence-corrected chi connectivity index (χ3v) is 9.85. The Morgan fingerprint density at radius 1 is 0.607 bits per heavy atom. The second-order valence-electron chi connectivity index (χ2n) is 10.3. The van der Waals surface area contributed by atoms with Crippen LogP contribution in [0, 0.1) is 58.2 Å². The van der Waals surface area contributed by atoms with E-state index < -0.39 is 46.5 Å². The molecular weight excluding hydrogens is 364 g/mol. The first-order chi connectivity index (χ1) is 13.4. The molecule has 7 fully saturated rings. The number of ketones is 1. The van der Waals surface area contributed by atoms with E-state index in [1.54, 1.807) is 0 Å². The molecule has 2 aliphatic heterocycles. The van der Waals surface area contributed by atoms with Gasteiger partial charge >= 0.3 is 23.9 Å². The third kappa shape index (κ3) is 1.40. The van der Waals surface area contributed by atoms with Crippen LogP contribution in [0.2, 0.25) is 0 Å². The van der Waals surface area contributed by atoms with Crippen molar-refractivity contribution in [1.82, 2.24) is 0 Å². The average Bonchev–Trinajstić information content (AvgIpc) is 3.46. The predicted octanol–water partition coefficient (Wildman–Crippen LogP) is 1.03. The van der Waals surface area contributed by atoms with Gasteiger partial charge in [-0.3, -0.25) is 24.0 Å². The molecule has 0 aromatic rings. The number of ether oxygens (including phenoxy) is 2. The number of carbonyl (C=O) groups is 5. The van der Waals surface area contributed by atoms with E-state index in [9.17, 15) is 24.0 Å². The van der Waals surface area contributed by atoms with E-state index in [1.165, 1.54) is 0 Å². The van der Waals surface area contributed by atoms with E-state index >= 15 is 0 Å². The Morgan fingerprint density at radius 2 is 1.00 bits per heavy atom. The summed E-state index contributed by atoms with van der Waals surface area (Å²) in [6.07, 6.45) is 4.27. The van der Waals surface area contributed by atoms with Crippen LogP contribution in [0.1, 0.15) is 38.5 Å². The van der Waals surface area contributed by atoms with E-state index in [-0.39, 0.29) is 41.3 Å². The minimum absolute atomic E-state index is 0.0532. The van der Waals surface area contributed by atoms with Crippen LogP contribution in [-0.4, -0.2) is 29.7 Å². The highest BCUT2D eigenvalue weighted by molar-refractivity contribution is 6.02. The molecule has 7 nitrogen and oxygen atoms in total. The van der Waals surface area contributed by atoms with Crippen molar-refractivity contribution in [2.75, 3.05) is 0 Å². The van der Waals surface area contributed by atoms with Gasteiger partial charge in [-0.05, 0) is 62.2 Å². The molecule has 5 saturated carbocycles. The maximum absolute atomic E-state index is 14.0. The van der Waals surface area contributed by atoms with Crippen LogP contribution in [-0.2, 0) is 33.4 Å². The van der Waals surface area contributed by atoms with Gasteiger partial charge in [0, 0.05) is 10.8 Å². The zero-order chi connectivity index (χ0) is 19.2. The van der Waals surface area contributed by atoms with Crippen molar-refractivity contribution in [2.45, 2.75) is 38.5 Å². The summed E-state index contributed by atoms with van der Waals surface area (Å²) in [5.74, 6) is -3.28. The Kier molecular flexibility index (Phi) is 2.49. The average molecular weight is 384 g/mol. The van der Waals surface area contributed by atoms with Crippen LogP contribution in [0.15, 0.2) is 0 Å². The van der Waals surface area contributed by atoms with Crippen LogP contribution in [0.3, 0.4) is 0 Å². The fraction of sp³-hybridized carbons (Fsp3) is 0.762. The van der Waals surface area contributed by atoms with E-state index in [1.807, 2.05) is 0 Å². The Hall–Kier alpha value is -2.05. The lowest BCUT2D eigenvalue weighted by Crippen LogP contribution is -2.48. The Labute approximate surface area is 160 Å². The van der Waals surface area contributed by atoms with Gasteiger partial charge in [0.1, 0.15) is 5.78 Å². The Morgan fingerprint density at radius 3 is 1.43 bits per heavy atom. The molecular formula is C21H20O7. The van der Waals surface area contributed by atoms with Crippen molar-refractivity contribution in [3.63, 3.8) is 0 Å². The molecule has 146 valence electrons. The summed E-state index contributed by atoms with van der Waals surface area (Å²) in [6, 6.07) is 0. The highest BCUT2D eigenvalue weighted by Crippen LogP contribution is 2.75. The van der Waals surface area contributed by atoms with E-state index in [4.69, 9.17) is 9.47 Å². The normalized spacial score (nSPS) is 57.6. The maximum atomic E-state index is 14.0. The van der Waals surface area contributed by atoms with E-state index in [0.29, 0.717) is 12.8 Å². The highest BCUT2D eigenvalue weighted by atomic mass is 16.6. The highest BCUT2D eigenvalue weighted by Gasteiger charge is 2.78. The second-order valence-corrected chi connectivity index (χ2v) is 10.3. The summed E-state index contributed by atoms with van der Waals surface area (Å²) >= 11 is 0. The predicted molar refractivity (Wildman–Crippen MR) is 87.7 cm³/mol. The number of Topliss-reactive ketones (excluding diaryl/α,β-unsaturated/α-hetero) is 1. The summed E-state index contributed by atoms with van der Waals surface area (Å²) in [5.41, 5.74) is -1.11. The van der Waals surface area contributed by atoms with Gasteiger partial charge in [0.2, 0.25) is 0 Å². The Balaban J connectivity index is 1.27. The van der Waals surface area contributed by atoms with Crippen LogP contribution in [0.4, 0.5) is 0 Å². The van der Waals surface area contributed by atoms with Gasteiger partial charge in [0.15, 0.2) is 0 Å². The SMILES string of the molecule is O=C1OC(=O)[C@@H]2C3C[C@H]([C@H]12)[C@]1(CC[C@]2(C[C@@H]4C[C@H]2[C@H]2C(=O)OC(=O)[C@@H]42)C1=O)C3. The maximum Gasteiger partial charge on any atom is 0.317 e. The summed E-state index contributed by atoms with van der Waals surface area (Å²) in [6.45, 7) is 0. The molecule has 10 atom stereocenters. The largest absolute Gasteiger partial charge is 0.393 e. The van der Waals surface area contributed by atoms with Crippen molar-refractivity contribution < 1.29 is 33.4 Å². The molecule has 5 aliphatic carbocycles. The zero-order valence-electron chi connectivity index (χ0n) is 15.2. The second kappa shape index (κ2) is 4.41.